The lowest BCUT2D eigenvalue weighted by Gasteiger charge is -2.35. The number of guanidine groups is 1. The van der Waals surface area contributed by atoms with Crippen LogP contribution in [0.4, 0.5) is 0 Å². The van der Waals surface area contributed by atoms with Gasteiger partial charge in [-0.15, -0.1) is 0 Å². The number of aliphatic hydroxyl groups excluding tert-OH is 1. The van der Waals surface area contributed by atoms with Gasteiger partial charge in [0.2, 0.25) is 23.5 Å². The number of aromatic nitrogens is 6. The molecule has 0 spiro atoms. The number of likely N-dealkylation sites (N-methyl/N-ethyl adjacent to an activating group) is 1. The Bertz CT molecular complexity index is 2540. The molecule has 0 saturated heterocycles. The van der Waals surface area contributed by atoms with E-state index in [1.165, 1.54) is 0 Å². The van der Waals surface area contributed by atoms with E-state index in [9.17, 15) is 19.5 Å². The molecular weight excluding hydrogens is 733 g/mol. The Kier molecular flexibility index (Phi) is 10.6. The Morgan fingerprint density at radius 3 is 2.56 bits per heavy atom. The minimum absolute atomic E-state index is 0.0729. The van der Waals surface area contributed by atoms with E-state index in [4.69, 9.17) is 35.6 Å². The van der Waals surface area contributed by atoms with E-state index in [2.05, 4.69) is 15.4 Å². The summed E-state index contributed by atoms with van der Waals surface area (Å²) in [5, 5.41) is 18.3. The van der Waals surface area contributed by atoms with Crippen LogP contribution < -0.4 is 21.5 Å². The van der Waals surface area contributed by atoms with E-state index < -0.39 is 23.9 Å². The minimum atomic E-state index is -0.622. The third-order valence-electron chi connectivity index (χ3n) is 9.65. The Morgan fingerprint density at radius 1 is 1.05 bits per heavy atom. The van der Waals surface area contributed by atoms with Gasteiger partial charge in [-0.3, -0.25) is 24.4 Å². The molecule has 296 valence electrons. The molecule has 3 amide bonds. The predicted octanol–water partition coefficient (Wildman–Crippen LogP) is 2.68. The first-order chi connectivity index (χ1) is 27.4. The highest BCUT2D eigenvalue weighted by Gasteiger charge is 2.38. The van der Waals surface area contributed by atoms with Crippen LogP contribution in [0, 0.1) is 13.8 Å². The number of benzene rings is 1. The molecule has 2 aliphatic heterocycles. The van der Waals surface area contributed by atoms with Crippen LogP contribution in [-0.4, -0.2) is 101 Å². The fourth-order valence-corrected chi connectivity index (χ4v) is 7.11. The van der Waals surface area contributed by atoms with Crippen LogP contribution in [0.25, 0.3) is 33.5 Å². The van der Waals surface area contributed by atoms with Gasteiger partial charge < -0.3 is 40.1 Å². The summed E-state index contributed by atoms with van der Waals surface area (Å²) in [5.74, 6) is -0.136. The van der Waals surface area contributed by atoms with Gasteiger partial charge in [-0.1, -0.05) is 19.1 Å². The molecule has 2 aliphatic rings. The smallest absolute Gasteiger partial charge is 0.295 e. The number of nitrogens with one attached hydrogen (secondary N) is 1. The summed E-state index contributed by atoms with van der Waals surface area (Å²) in [6.07, 6.45) is 9.26. The third kappa shape index (κ3) is 7.33. The van der Waals surface area contributed by atoms with Gasteiger partial charge in [0.1, 0.15) is 23.3 Å². The molecule has 6 N–H and O–H groups in total. The first kappa shape index (κ1) is 38.5. The highest BCUT2D eigenvalue weighted by atomic mass is 16.5. The fourth-order valence-electron chi connectivity index (χ4n) is 7.11. The molecule has 0 bridgehead atoms. The topological polar surface area (TPSA) is 238 Å². The van der Waals surface area contributed by atoms with E-state index in [0.717, 1.165) is 11.4 Å². The van der Waals surface area contributed by atoms with Crippen molar-refractivity contribution < 1.29 is 28.6 Å². The largest absolute Gasteiger partial charge is 0.491 e. The molecule has 7 rings (SSSR count). The fraction of sp³-hybridized carbons (Fsp3) is 0.333. The highest BCUT2D eigenvalue weighted by molar-refractivity contribution is 6.12. The van der Waals surface area contributed by atoms with Crippen LogP contribution in [0.1, 0.15) is 58.5 Å². The van der Waals surface area contributed by atoms with E-state index in [0.29, 0.717) is 76.7 Å². The van der Waals surface area contributed by atoms with Crippen molar-refractivity contribution in [3.05, 3.63) is 88.7 Å². The number of ether oxygens (including phenoxy) is 1. The van der Waals surface area contributed by atoms with Gasteiger partial charge in [0.05, 0.1) is 34.8 Å². The number of aryl methyl sites for hydroxylation is 4. The Labute approximate surface area is 327 Å². The maximum absolute atomic E-state index is 13.5. The van der Waals surface area contributed by atoms with E-state index >= 15 is 0 Å². The van der Waals surface area contributed by atoms with Crippen molar-refractivity contribution in [2.45, 2.75) is 59.8 Å². The number of hydrogen-bond donors (Lipinski definition) is 4. The van der Waals surface area contributed by atoms with Crippen LogP contribution in [0.5, 0.6) is 5.75 Å². The molecule has 6 heterocycles. The molecule has 0 radical (unpaired) electrons. The molecule has 4 aromatic heterocycles. The number of carbonyl (C=O) groups excluding carboxylic acids is 3. The molecule has 18 nitrogen and oxygen atoms in total. The number of hydrogen-bond acceptors (Lipinski definition) is 13. The number of nitrogens with two attached hydrogens (primary N) is 2. The predicted molar refractivity (Wildman–Crippen MR) is 211 cm³/mol. The average molecular weight is 777 g/mol. The van der Waals surface area contributed by atoms with Crippen molar-refractivity contribution in [3.63, 3.8) is 0 Å². The first-order valence-electron chi connectivity index (χ1n) is 18.6. The van der Waals surface area contributed by atoms with Gasteiger partial charge in [-0.05, 0) is 44.5 Å². The molecule has 1 atom stereocenters. The van der Waals surface area contributed by atoms with Gasteiger partial charge in [-0.25, -0.2) is 19.9 Å². The molecule has 5 aromatic rings. The quantitative estimate of drug-likeness (QED) is 0.0941. The van der Waals surface area contributed by atoms with Crippen molar-refractivity contribution in [3.8, 4) is 17.3 Å². The van der Waals surface area contributed by atoms with Gasteiger partial charge in [0.15, 0.2) is 11.7 Å². The number of oxazole rings is 1. The van der Waals surface area contributed by atoms with Crippen molar-refractivity contribution >= 4 is 45.6 Å². The second-order valence-corrected chi connectivity index (χ2v) is 13.6. The lowest BCUT2D eigenvalue weighted by Crippen LogP contribution is -2.50. The second kappa shape index (κ2) is 15.7. The van der Waals surface area contributed by atoms with Gasteiger partial charge >= 0.3 is 0 Å². The Morgan fingerprint density at radius 2 is 1.84 bits per heavy atom. The maximum Gasteiger partial charge on any atom is 0.295 e. The van der Waals surface area contributed by atoms with Gasteiger partial charge in [0, 0.05) is 75.4 Å². The zero-order valence-corrected chi connectivity index (χ0v) is 32.3. The molecular formula is C39H44N12O6. The summed E-state index contributed by atoms with van der Waals surface area (Å²) in [7, 11) is 1.80. The van der Waals surface area contributed by atoms with Gasteiger partial charge in [-0.2, -0.15) is 5.10 Å². The number of rotatable bonds is 14. The third-order valence-corrected chi connectivity index (χ3v) is 9.65. The number of fused-ring (bicyclic) bond motifs is 4. The van der Waals surface area contributed by atoms with E-state index in [1.54, 1.807) is 44.6 Å². The number of carbonyl (C=O) groups is 3. The zero-order chi connectivity index (χ0) is 40.5. The lowest BCUT2D eigenvalue weighted by atomic mass is 10.1. The van der Waals surface area contributed by atoms with Crippen molar-refractivity contribution in [2.24, 2.45) is 16.5 Å². The highest BCUT2D eigenvalue weighted by Crippen LogP contribution is 2.37. The first-order valence-corrected chi connectivity index (χ1v) is 18.6. The lowest BCUT2D eigenvalue weighted by molar-refractivity contribution is -0.114. The molecule has 57 heavy (non-hydrogen) atoms. The molecule has 18 heteroatoms. The standard InChI is InChI=1S/C39H44N12O6/c1-6-27-32(57-22(4)43-27)37(55)46-39-44-28-17-24(34(41)54)20-48(5)38(28)50(39)12-9-8-11-49-31-25(16-23(33(40)53)18-30(31)56-14-10-13-52)26-19-42-35(45-36(26)49)29-15-21(3)47-51(29)7-2/h8-9,15-20,38,52H,6-7,10-14H2,1-5H3,(H2,40,53)(H2,41,54)(H,44,46,55)/b9-8+. The summed E-state index contributed by atoms with van der Waals surface area (Å²) in [4.78, 5) is 60.7. The summed E-state index contributed by atoms with van der Waals surface area (Å²) >= 11 is 0. The van der Waals surface area contributed by atoms with Crippen LogP contribution in [0.2, 0.25) is 0 Å². The Hall–Kier alpha value is -6.82. The van der Waals surface area contributed by atoms with Crippen molar-refractivity contribution in [1.82, 2.24) is 44.4 Å². The van der Waals surface area contributed by atoms with Crippen LogP contribution >= 0.6 is 0 Å². The number of allylic oxidation sites excluding steroid dienone is 1. The second-order valence-electron chi connectivity index (χ2n) is 13.6. The summed E-state index contributed by atoms with van der Waals surface area (Å²) in [5.41, 5.74) is 15.8. The zero-order valence-electron chi connectivity index (χ0n) is 32.3. The molecule has 1 aromatic carbocycles. The Balaban J connectivity index is 1.27. The minimum Gasteiger partial charge on any atom is -0.491 e. The maximum atomic E-state index is 13.5. The molecule has 0 fully saturated rings. The number of aliphatic imine (C=N–C) groups is 1. The monoisotopic (exact) mass is 776 g/mol. The van der Waals surface area contributed by atoms with Crippen LogP contribution in [0.15, 0.2) is 69.5 Å². The van der Waals surface area contributed by atoms with Crippen LogP contribution in [-0.2, 0) is 24.3 Å². The summed E-state index contributed by atoms with van der Waals surface area (Å²) < 4.78 is 15.6. The number of amides is 3. The number of primary amides is 2. The molecule has 1 unspecified atom stereocenters. The van der Waals surface area contributed by atoms with E-state index in [-0.39, 0.29) is 42.6 Å². The summed E-state index contributed by atoms with van der Waals surface area (Å²) in [6, 6.07) is 5.24. The molecule has 0 saturated carbocycles. The van der Waals surface area contributed by atoms with Crippen molar-refractivity contribution in [1.29, 1.82) is 0 Å². The van der Waals surface area contributed by atoms with Gasteiger partial charge in [0.25, 0.3) is 5.91 Å². The number of aliphatic hydroxyl groups is 1. The van der Waals surface area contributed by atoms with Crippen molar-refractivity contribution in [2.75, 3.05) is 26.8 Å². The number of nitrogens with zero attached hydrogens (tertiary/aromatic N) is 9. The van der Waals surface area contributed by atoms with Crippen LogP contribution in [0.3, 0.4) is 0 Å². The normalized spacial score (nSPS) is 15.3. The summed E-state index contributed by atoms with van der Waals surface area (Å²) in [6.45, 7) is 8.79. The molecule has 0 aliphatic carbocycles. The average Bonchev–Trinajstić information content (AvgIpc) is 3.94. The SMILES string of the molecule is CCc1nc(C)oc1C(=O)NC1=NC2=CC(C(N)=O)=CN(C)C2N1C/C=C/Cn1c2nc(-c3cc(C)nn3CC)ncc2c2cc(C(N)=O)cc(OCCCO)c21. The van der Waals surface area contributed by atoms with E-state index in [1.807, 2.05) is 58.0 Å².